The standard InChI is InChI=1S/C20H29NO/c1-6-14-21(15-7-1)16-8-13-20-12-5-4-10-18(20)17-9-2-3-11-19(17)22-20/h2-3,9,11,18H,1,4-8,10,12-16H2. The lowest BCUT2D eigenvalue weighted by Crippen LogP contribution is -2.41. The van der Waals surface area contributed by atoms with Crippen LogP contribution in [0.15, 0.2) is 24.3 Å². The van der Waals surface area contributed by atoms with E-state index in [0.717, 1.165) is 0 Å². The van der Waals surface area contributed by atoms with Crippen molar-refractivity contribution in [1.82, 2.24) is 4.90 Å². The molecule has 22 heavy (non-hydrogen) atoms. The van der Waals surface area contributed by atoms with Gasteiger partial charge >= 0.3 is 0 Å². The Kier molecular flexibility index (Phi) is 4.13. The van der Waals surface area contributed by atoms with Crippen molar-refractivity contribution in [2.24, 2.45) is 0 Å². The fraction of sp³-hybridized carbons (Fsp3) is 0.700. The van der Waals surface area contributed by atoms with Gasteiger partial charge in [-0.3, -0.25) is 0 Å². The Labute approximate surface area is 134 Å². The first-order valence-corrected chi connectivity index (χ1v) is 9.38. The summed E-state index contributed by atoms with van der Waals surface area (Å²) in [5.74, 6) is 1.83. The van der Waals surface area contributed by atoms with E-state index in [1.165, 1.54) is 88.7 Å². The highest BCUT2D eigenvalue weighted by molar-refractivity contribution is 5.43. The first kappa shape index (κ1) is 14.6. The number of para-hydroxylation sites is 1. The summed E-state index contributed by atoms with van der Waals surface area (Å²) < 4.78 is 6.57. The Morgan fingerprint density at radius 2 is 1.91 bits per heavy atom. The van der Waals surface area contributed by atoms with E-state index in [1.54, 1.807) is 0 Å². The molecule has 2 heterocycles. The van der Waals surface area contributed by atoms with E-state index in [2.05, 4.69) is 29.2 Å². The molecule has 0 amide bonds. The molecule has 2 atom stereocenters. The average Bonchev–Trinajstić information content (AvgIpc) is 2.90. The van der Waals surface area contributed by atoms with Crippen molar-refractivity contribution in [2.45, 2.75) is 69.3 Å². The molecule has 0 spiro atoms. The van der Waals surface area contributed by atoms with Crippen LogP contribution in [0.2, 0.25) is 0 Å². The van der Waals surface area contributed by atoms with Gasteiger partial charge in [-0.1, -0.05) is 31.0 Å². The molecule has 0 aromatic heterocycles. The van der Waals surface area contributed by atoms with E-state index in [-0.39, 0.29) is 5.60 Å². The second-order valence-electron chi connectivity index (χ2n) is 7.51. The van der Waals surface area contributed by atoms with E-state index in [9.17, 15) is 0 Å². The molecule has 0 N–H and O–H groups in total. The summed E-state index contributed by atoms with van der Waals surface area (Å²) in [6.45, 7) is 3.91. The normalized spacial score (nSPS) is 31.4. The third-order valence-electron chi connectivity index (χ3n) is 6.11. The minimum Gasteiger partial charge on any atom is -0.486 e. The summed E-state index contributed by atoms with van der Waals surface area (Å²) in [5.41, 5.74) is 1.61. The van der Waals surface area contributed by atoms with Crippen LogP contribution in [0.3, 0.4) is 0 Å². The molecule has 0 bridgehead atoms. The predicted molar refractivity (Wildman–Crippen MR) is 90.5 cm³/mol. The first-order chi connectivity index (χ1) is 10.9. The molecular weight excluding hydrogens is 270 g/mol. The highest BCUT2D eigenvalue weighted by atomic mass is 16.5. The zero-order chi connectivity index (χ0) is 14.8. The maximum absolute atomic E-state index is 6.57. The summed E-state index contributed by atoms with van der Waals surface area (Å²) in [4.78, 5) is 2.67. The van der Waals surface area contributed by atoms with Gasteiger partial charge in [0.2, 0.25) is 0 Å². The molecule has 4 rings (SSSR count). The number of benzene rings is 1. The van der Waals surface area contributed by atoms with Gasteiger partial charge in [0.25, 0.3) is 0 Å². The lowest BCUT2D eigenvalue weighted by molar-refractivity contribution is 0.0224. The molecule has 1 aliphatic carbocycles. The summed E-state index contributed by atoms with van der Waals surface area (Å²) in [7, 11) is 0. The molecule has 2 unspecified atom stereocenters. The molecule has 3 aliphatic rings. The van der Waals surface area contributed by atoms with Gasteiger partial charge in [-0.2, -0.15) is 0 Å². The molecule has 2 nitrogen and oxygen atoms in total. The first-order valence-electron chi connectivity index (χ1n) is 9.38. The van der Waals surface area contributed by atoms with Crippen molar-refractivity contribution in [3.05, 3.63) is 29.8 Å². The SMILES string of the molecule is c1ccc2c(c1)OC1(CCCN3CCCCC3)CCCCC21. The number of fused-ring (bicyclic) bond motifs is 3. The zero-order valence-corrected chi connectivity index (χ0v) is 13.7. The molecular formula is C20H29NO. The van der Waals surface area contributed by atoms with Crippen molar-refractivity contribution >= 4 is 0 Å². The Morgan fingerprint density at radius 1 is 1.05 bits per heavy atom. The Bertz CT molecular complexity index is 508. The minimum atomic E-state index is 0.123. The largest absolute Gasteiger partial charge is 0.486 e. The molecule has 1 aromatic rings. The highest BCUT2D eigenvalue weighted by Gasteiger charge is 2.48. The van der Waals surface area contributed by atoms with Crippen molar-refractivity contribution < 1.29 is 4.74 Å². The monoisotopic (exact) mass is 299 g/mol. The average molecular weight is 299 g/mol. The molecule has 1 aromatic carbocycles. The van der Waals surface area contributed by atoms with Crippen LogP contribution in [-0.4, -0.2) is 30.1 Å². The van der Waals surface area contributed by atoms with E-state index in [0.29, 0.717) is 5.92 Å². The van der Waals surface area contributed by atoms with Gasteiger partial charge in [0.05, 0.1) is 0 Å². The van der Waals surface area contributed by atoms with Gasteiger partial charge < -0.3 is 9.64 Å². The fourth-order valence-electron chi connectivity index (χ4n) is 4.99. The molecule has 0 radical (unpaired) electrons. The summed E-state index contributed by atoms with van der Waals surface area (Å²) >= 11 is 0. The van der Waals surface area contributed by atoms with Crippen LogP contribution in [-0.2, 0) is 0 Å². The van der Waals surface area contributed by atoms with Crippen LogP contribution in [0.5, 0.6) is 5.75 Å². The van der Waals surface area contributed by atoms with Gasteiger partial charge in [0, 0.05) is 11.5 Å². The number of nitrogens with zero attached hydrogens (tertiary/aromatic N) is 1. The van der Waals surface area contributed by atoms with Crippen molar-refractivity contribution in [1.29, 1.82) is 0 Å². The number of likely N-dealkylation sites (tertiary alicyclic amines) is 1. The van der Waals surface area contributed by atoms with Crippen molar-refractivity contribution in [2.75, 3.05) is 19.6 Å². The predicted octanol–water partition coefficient (Wildman–Crippen LogP) is 4.74. The molecule has 2 aliphatic heterocycles. The molecule has 1 saturated carbocycles. The lowest BCUT2D eigenvalue weighted by Gasteiger charge is -2.39. The Balaban J connectivity index is 1.42. The molecule has 2 fully saturated rings. The number of hydrogen-bond acceptors (Lipinski definition) is 2. The summed E-state index contributed by atoms with van der Waals surface area (Å²) in [6.07, 6.45) is 12.1. The van der Waals surface area contributed by atoms with Crippen LogP contribution in [0.1, 0.15) is 69.3 Å². The van der Waals surface area contributed by atoms with Crippen molar-refractivity contribution in [3.63, 3.8) is 0 Å². The number of hydrogen-bond donors (Lipinski definition) is 0. The van der Waals surface area contributed by atoms with Gasteiger partial charge in [0.15, 0.2) is 0 Å². The molecule has 2 heteroatoms. The smallest absolute Gasteiger partial charge is 0.123 e. The van der Waals surface area contributed by atoms with E-state index < -0.39 is 0 Å². The zero-order valence-electron chi connectivity index (χ0n) is 13.7. The third-order valence-corrected chi connectivity index (χ3v) is 6.11. The maximum atomic E-state index is 6.57. The van der Waals surface area contributed by atoms with E-state index >= 15 is 0 Å². The topological polar surface area (TPSA) is 12.5 Å². The van der Waals surface area contributed by atoms with Crippen LogP contribution >= 0.6 is 0 Å². The van der Waals surface area contributed by atoms with E-state index in [4.69, 9.17) is 4.74 Å². The van der Waals surface area contributed by atoms with E-state index in [1.807, 2.05) is 0 Å². The fourth-order valence-corrected chi connectivity index (χ4v) is 4.99. The quantitative estimate of drug-likeness (QED) is 0.796. The second-order valence-corrected chi connectivity index (χ2v) is 7.51. The highest BCUT2D eigenvalue weighted by Crippen LogP contribution is 2.53. The molecule has 120 valence electrons. The summed E-state index contributed by atoms with van der Waals surface area (Å²) in [6, 6.07) is 8.79. The van der Waals surface area contributed by atoms with Crippen LogP contribution in [0.4, 0.5) is 0 Å². The van der Waals surface area contributed by atoms with Gasteiger partial charge in [-0.25, -0.2) is 0 Å². The van der Waals surface area contributed by atoms with Gasteiger partial charge in [-0.05, 0) is 70.6 Å². The number of rotatable bonds is 4. The van der Waals surface area contributed by atoms with Crippen LogP contribution in [0.25, 0.3) is 0 Å². The van der Waals surface area contributed by atoms with Crippen LogP contribution in [0, 0.1) is 0 Å². The number of ether oxygens (including phenoxy) is 1. The minimum absolute atomic E-state index is 0.123. The summed E-state index contributed by atoms with van der Waals surface area (Å²) in [5, 5.41) is 0. The molecule has 1 saturated heterocycles. The Hall–Kier alpha value is -1.02. The number of piperidine rings is 1. The maximum Gasteiger partial charge on any atom is 0.123 e. The third kappa shape index (κ3) is 2.67. The lowest BCUT2D eigenvalue weighted by atomic mass is 9.71. The van der Waals surface area contributed by atoms with Crippen LogP contribution < -0.4 is 4.74 Å². The van der Waals surface area contributed by atoms with Gasteiger partial charge in [-0.15, -0.1) is 0 Å². The Morgan fingerprint density at radius 3 is 2.82 bits per heavy atom. The second kappa shape index (κ2) is 6.23. The van der Waals surface area contributed by atoms with Gasteiger partial charge in [0.1, 0.15) is 11.4 Å². The van der Waals surface area contributed by atoms with Crippen molar-refractivity contribution in [3.8, 4) is 5.75 Å².